The number of nitrogens with one attached hydrogen (secondary N) is 1. The van der Waals surface area contributed by atoms with Crippen LogP contribution in [-0.2, 0) is 12.1 Å². The number of piperidine rings is 1. The quantitative estimate of drug-likeness (QED) is 0.914. The molecule has 0 atom stereocenters. The van der Waals surface area contributed by atoms with Gasteiger partial charge in [0.2, 0.25) is 5.92 Å². The zero-order valence-corrected chi connectivity index (χ0v) is 12.6. The Hall–Kier alpha value is -1.08. The predicted octanol–water partition coefficient (Wildman–Crippen LogP) is 1.46. The Morgan fingerprint density at radius 3 is 2.57 bits per heavy atom. The first-order chi connectivity index (χ1) is 9.91. The van der Waals surface area contributed by atoms with Crippen LogP contribution in [0.3, 0.4) is 0 Å². The van der Waals surface area contributed by atoms with E-state index in [0.717, 1.165) is 31.6 Å². The van der Waals surface area contributed by atoms with Gasteiger partial charge >= 0.3 is 0 Å². The number of nitrogens with zero attached hydrogens (tertiary/aromatic N) is 4. The van der Waals surface area contributed by atoms with E-state index < -0.39 is 5.92 Å². The predicted molar refractivity (Wildman–Crippen MR) is 75.2 cm³/mol. The molecule has 7 heteroatoms. The van der Waals surface area contributed by atoms with Gasteiger partial charge in [0.25, 0.3) is 0 Å². The van der Waals surface area contributed by atoms with Gasteiger partial charge in [-0.25, -0.2) is 8.78 Å². The minimum Gasteiger partial charge on any atom is -0.317 e. The molecule has 2 heterocycles. The van der Waals surface area contributed by atoms with Crippen LogP contribution >= 0.6 is 0 Å². The monoisotopic (exact) mass is 299 g/mol. The Morgan fingerprint density at radius 1 is 1.33 bits per heavy atom. The van der Waals surface area contributed by atoms with Crippen molar-refractivity contribution in [1.29, 1.82) is 0 Å². The van der Waals surface area contributed by atoms with E-state index in [0.29, 0.717) is 6.54 Å². The second-order valence-corrected chi connectivity index (χ2v) is 6.63. The van der Waals surface area contributed by atoms with Crippen molar-refractivity contribution in [3.8, 4) is 0 Å². The maximum absolute atomic E-state index is 12.9. The van der Waals surface area contributed by atoms with Crippen LogP contribution in [0, 0.1) is 5.92 Å². The third-order valence-electron chi connectivity index (χ3n) is 4.92. The summed E-state index contributed by atoms with van der Waals surface area (Å²) >= 11 is 0. The lowest BCUT2D eigenvalue weighted by Gasteiger charge is -2.41. The van der Waals surface area contributed by atoms with Gasteiger partial charge in [-0.3, -0.25) is 9.58 Å². The third-order valence-corrected chi connectivity index (χ3v) is 4.92. The van der Waals surface area contributed by atoms with Gasteiger partial charge in [0, 0.05) is 19.4 Å². The summed E-state index contributed by atoms with van der Waals surface area (Å²) in [5, 5.41) is 11.9. The summed E-state index contributed by atoms with van der Waals surface area (Å²) in [4.78, 5) is 2.21. The number of alkyl halides is 2. The molecule has 0 amide bonds. The van der Waals surface area contributed by atoms with Gasteiger partial charge in [0.1, 0.15) is 5.69 Å². The van der Waals surface area contributed by atoms with Gasteiger partial charge in [-0.2, -0.15) is 0 Å². The van der Waals surface area contributed by atoms with E-state index in [2.05, 4.69) is 34.6 Å². The Balaban J connectivity index is 1.71. The second kappa shape index (κ2) is 5.28. The molecule has 1 N–H and O–H groups in total. The molecule has 0 radical (unpaired) electrons. The van der Waals surface area contributed by atoms with Crippen molar-refractivity contribution in [3.05, 3.63) is 11.9 Å². The van der Waals surface area contributed by atoms with E-state index in [1.54, 1.807) is 4.68 Å². The standard InChI is InChI=1S/C14H23F2N5/c1-20(2)13(3-5-17-6-4-13)12-10-21(19-18-12)9-11-7-14(15,16)8-11/h10-11,17H,3-9H2,1-2H3. The Labute approximate surface area is 123 Å². The zero-order valence-electron chi connectivity index (χ0n) is 12.6. The molecule has 2 fully saturated rings. The molecule has 2 aliphatic rings. The normalized spacial score (nSPS) is 25.0. The van der Waals surface area contributed by atoms with Crippen molar-refractivity contribution in [2.45, 2.75) is 43.7 Å². The molecule has 0 bridgehead atoms. The van der Waals surface area contributed by atoms with E-state index in [9.17, 15) is 8.78 Å². The van der Waals surface area contributed by atoms with Crippen LogP contribution in [-0.4, -0.2) is 53.0 Å². The van der Waals surface area contributed by atoms with E-state index in [-0.39, 0.29) is 24.3 Å². The number of rotatable bonds is 4. The maximum Gasteiger partial charge on any atom is 0.248 e. The highest BCUT2D eigenvalue weighted by Crippen LogP contribution is 2.43. The molecule has 1 aliphatic carbocycles. The van der Waals surface area contributed by atoms with Gasteiger partial charge in [0.05, 0.1) is 11.7 Å². The molecular formula is C14H23F2N5. The van der Waals surface area contributed by atoms with Crippen molar-refractivity contribution >= 4 is 0 Å². The SMILES string of the molecule is CN(C)C1(c2cn(CC3CC(F)(F)C3)nn2)CCNCC1. The first-order valence-corrected chi connectivity index (χ1v) is 7.58. The fourth-order valence-electron chi connectivity index (χ4n) is 3.55. The van der Waals surface area contributed by atoms with Crippen molar-refractivity contribution in [1.82, 2.24) is 25.2 Å². The highest BCUT2D eigenvalue weighted by atomic mass is 19.3. The largest absolute Gasteiger partial charge is 0.317 e. The van der Waals surface area contributed by atoms with Crippen molar-refractivity contribution in [2.75, 3.05) is 27.2 Å². The molecule has 3 rings (SSSR count). The summed E-state index contributed by atoms with van der Waals surface area (Å²) in [6, 6.07) is 0. The summed E-state index contributed by atoms with van der Waals surface area (Å²) in [6.07, 6.45) is 3.87. The molecule has 5 nitrogen and oxygen atoms in total. The smallest absolute Gasteiger partial charge is 0.248 e. The molecule has 118 valence electrons. The lowest BCUT2D eigenvalue weighted by atomic mass is 9.81. The van der Waals surface area contributed by atoms with Crippen LogP contribution in [0.25, 0.3) is 0 Å². The molecule has 0 unspecified atom stereocenters. The van der Waals surface area contributed by atoms with E-state index >= 15 is 0 Å². The van der Waals surface area contributed by atoms with Gasteiger partial charge < -0.3 is 5.32 Å². The van der Waals surface area contributed by atoms with Crippen molar-refractivity contribution in [3.63, 3.8) is 0 Å². The van der Waals surface area contributed by atoms with Crippen LogP contribution in [0.15, 0.2) is 6.20 Å². The molecular weight excluding hydrogens is 276 g/mol. The maximum atomic E-state index is 12.9. The number of hydrogen-bond donors (Lipinski definition) is 1. The fourth-order valence-corrected chi connectivity index (χ4v) is 3.55. The Kier molecular flexibility index (Phi) is 3.73. The minimum absolute atomic E-state index is 0.0229. The van der Waals surface area contributed by atoms with E-state index in [1.165, 1.54) is 0 Å². The third kappa shape index (κ3) is 2.81. The molecule has 1 aliphatic heterocycles. The molecule has 0 spiro atoms. The van der Waals surface area contributed by atoms with Crippen molar-refractivity contribution in [2.24, 2.45) is 5.92 Å². The average molecular weight is 299 g/mol. The number of halogens is 2. The van der Waals surface area contributed by atoms with Crippen LogP contribution in [0.5, 0.6) is 0 Å². The first kappa shape index (κ1) is 14.8. The lowest BCUT2D eigenvalue weighted by molar-refractivity contribution is -0.114. The van der Waals surface area contributed by atoms with Crippen LogP contribution in [0.2, 0.25) is 0 Å². The molecule has 1 aromatic heterocycles. The second-order valence-electron chi connectivity index (χ2n) is 6.63. The summed E-state index contributed by atoms with van der Waals surface area (Å²) in [5.74, 6) is -2.44. The molecule has 21 heavy (non-hydrogen) atoms. The van der Waals surface area contributed by atoms with Crippen LogP contribution in [0.1, 0.15) is 31.4 Å². The minimum atomic E-state index is -2.46. The van der Waals surface area contributed by atoms with E-state index in [4.69, 9.17) is 0 Å². The van der Waals surface area contributed by atoms with Gasteiger partial charge in [-0.1, -0.05) is 5.21 Å². The highest BCUT2D eigenvalue weighted by molar-refractivity contribution is 5.13. The molecule has 1 aromatic rings. The molecule has 1 saturated carbocycles. The summed E-state index contributed by atoms with van der Waals surface area (Å²) in [7, 11) is 4.13. The summed E-state index contributed by atoms with van der Waals surface area (Å²) < 4.78 is 27.5. The molecule has 0 aromatic carbocycles. The highest BCUT2D eigenvalue weighted by Gasteiger charge is 2.45. The lowest BCUT2D eigenvalue weighted by Crippen LogP contribution is -2.49. The Bertz CT molecular complexity index is 485. The van der Waals surface area contributed by atoms with Crippen molar-refractivity contribution < 1.29 is 8.78 Å². The number of aromatic nitrogens is 3. The summed E-state index contributed by atoms with van der Waals surface area (Å²) in [5.41, 5.74) is 0.868. The van der Waals surface area contributed by atoms with Gasteiger partial charge in [0.15, 0.2) is 0 Å². The van der Waals surface area contributed by atoms with E-state index in [1.807, 2.05) is 6.20 Å². The van der Waals surface area contributed by atoms with Crippen LogP contribution in [0.4, 0.5) is 8.78 Å². The Morgan fingerprint density at radius 2 is 2.00 bits per heavy atom. The average Bonchev–Trinajstić information content (AvgIpc) is 2.86. The van der Waals surface area contributed by atoms with Gasteiger partial charge in [-0.15, -0.1) is 5.10 Å². The summed E-state index contributed by atoms with van der Waals surface area (Å²) in [6.45, 7) is 2.46. The van der Waals surface area contributed by atoms with Crippen LogP contribution < -0.4 is 5.32 Å². The number of hydrogen-bond acceptors (Lipinski definition) is 4. The first-order valence-electron chi connectivity index (χ1n) is 7.58. The van der Waals surface area contributed by atoms with Gasteiger partial charge in [-0.05, 0) is 45.9 Å². The fraction of sp³-hybridized carbons (Fsp3) is 0.857. The zero-order chi connectivity index (χ0) is 15.1. The molecule has 1 saturated heterocycles. The topological polar surface area (TPSA) is 46.0 Å².